The third-order valence-corrected chi connectivity index (χ3v) is 5.34. The molecule has 7 heteroatoms. The van der Waals surface area contributed by atoms with E-state index in [0.717, 1.165) is 32.3 Å². The maximum absolute atomic E-state index is 10.6. The van der Waals surface area contributed by atoms with E-state index >= 15 is 0 Å². The van der Waals surface area contributed by atoms with Crippen molar-refractivity contribution in [3.8, 4) is 0 Å². The molecule has 0 aromatic rings. The van der Waals surface area contributed by atoms with Crippen LogP contribution >= 0.6 is 0 Å². The predicted molar refractivity (Wildman–Crippen MR) is 91.9 cm³/mol. The molecule has 0 radical (unpaired) electrons. The molecule has 4 aliphatic rings. The molecular weight excluding hydrogens is 310 g/mol. The highest BCUT2D eigenvalue weighted by atomic mass is 16.5. The van der Waals surface area contributed by atoms with Gasteiger partial charge in [-0.05, 0) is 39.8 Å². The van der Waals surface area contributed by atoms with E-state index < -0.39 is 6.10 Å². The van der Waals surface area contributed by atoms with Gasteiger partial charge in [0.15, 0.2) is 0 Å². The summed E-state index contributed by atoms with van der Waals surface area (Å²) in [5, 5.41) is 15.3. The van der Waals surface area contributed by atoms with Crippen molar-refractivity contribution in [1.29, 1.82) is 0 Å². The summed E-state index contributed by atoms with van der Waals surface area (Å²) < 4.78 is 10.1. The molecule has 3 aliphatic heterocycles. The Bertz CT molecular complexity index is 409. The molecule has 0 bridgehead atoms. The summed E-state index contributed by atoms with van der Waals surface area (Å²) in [4.78, 5) is 12.1. The van der Waals surface area contributed by atoms with Crippen molar-refractivity contribution in [3.05, 3.63) is 0 Å². The van der Waals surface area contributed by atoms with Crippen molar-refractivity contribution < 1.29 is 19.4 Å². The minimum atomic E-state index is -0.424. The van der Waals surface area contributed by atoms with Crippen LogP contribution in [0.3, 0.4) is 0 Å². The summed E-state index contributed by atoms with van der Waals surface area (Å²) >= 11 is 0. The summed E-state index contributed by atoms with van der Waals surface area (Å²) in [6.07, 6.45) is 2.69. The van der Waals surface area contributed by atoms with Crippen LogP contribution in [0, 0.1) is 5.92 Å². The number of likely N-dealkylation sites (tertiary alicyclic amines) is 1. The monoisotopic (exact) mass is 343 g/mol. The number of ether oxygens (including phenoxy) is 2. The number of hydrogen-bond acceptors (Lipinski definition) is 6. The van der Waals surface area contributed by atoms with Crippen LogP contribution in [0.15, 0.2) is 0 Å². The van der Waals surface area contributed by atoms with Gasteiger partial charge in [0, 0.05) is 13.6 Å². The van der Waals surface area contributed by atoms with Gasteiger partial charge < -0.3 is 30.1 Å². The summed E-state index contributed by atoms with van der Waals surface area (Å²) in [5.74, 6) is 0.966. The summed E-state index contributed by atoms with van der Waals surface area (Å²) in [5.41, 5.74) is 0.694. The third kappa shape index (κ3) is 4.89. The molecule has 140 valence electrons. The Labute approximate surface area is 145 Å². The van der Waals surface area contributed by atoms with E-state index in [2.05, 4.69) is 17.6 Å². The van der Waals surface area contributed by atoms with Gasteiger partial charge in [0.25, 0.3) is 0 Å². The quantitative estimate of drug-likeness (QED) is 0.646. The molecule has 0 aromatic carbocycles. The maximum atomic E-state index is 10.6. The van der Waals surface area contributed by atoms with E-state index in [1.807, 2.05) is 14.1 Å². The zero-order valence-electron chi connectivity index (χ0n) is 15.4. The van der Waals surface area contributed by atoms with Crippen molar-refractivity contribution in [1.82, 2.24) is 15.5 Å². The average Bonchev–Trinajstić information content (AvgIpc) is 3.26. The van der Waals surface area contributed by atoms with E-state index in [4.69, 9.17) is 14.6 Å². The number of aliphatic hydroxyl groups is 1. The molecule has 24 heavy (non-hydrogen) atoms. The fourth-order valence-corrected chi connectivity index (χ4v) is 2.93. The van der Waals surface area contributed by atoms with Gasteiger partial charge in [-0.1, -0.05) is 0 Å². The maximum Gasteiger partial charge on any atom is 0.225 e. The molecule has 3 saturated heterocycles. The van der Waals surface area contributed by atoms with Gasteiger partial charge in [0.2, 0.25) is 5.91 Å². The Morgan fingerprint density at radius 1 is 1.12 bits per heavy atom. The van der Waals surface area contributed by atoms with E-state index in [1.54, 1.807) is 7.05 Å². The molecule has 7 nitrogen and oxygen atoms in total. The smallest absolute Gasteiger partial charge is 0.225 e. The minimum Gasteiger partial charge on any atom is -0.391 e. The van der Waals surface area contributed by atoms with Gasteiger partial charge >= 0.3 is 0 Å². The van der Waals surface area contributed by atoms with Crippen molar-refractivity contribution >= 4 is 5.91 Å². The number of carbonyl (C=O) groups excluding carboxylic acids is 1. The zero-order valence-corrected chi connectivity index (χ0v) is 15.4. The van der Waals surface area contributed by atoms with Gasteiger partial charge in [-0.3, -0.25) is 4.79 Å². The topological polar surface area (TPSA) is 83.1 Å². The second-order valence-electron chi connectivity index (χ2n) is 7.61. The third-order valence-electron chi connectivity index (χ3n) is 5.34. The van der Waals surface area contributed by atoms with E-state index in [0.29, 0.717) is 24.0 Å². The van der Waals surface area contributed by atoms with Crippen LogP contribution in [0.2, 0.25) is 0 Å². The first-order valence-electron chi connectivity index (χ1n) is 8.79. The van der Waals surface area contributed by atoms with E-state index in [-0.39, 0.29) is 5.91 Å². The molecule has 0 aromatic heterocycles. The Hall–Kier alpha value is -0.730. The number of carbonyl (C=O) groups is 1. The van der Waals surface area contributed by atoms with Gasteiger partial charge in [-0.25, -0.2) is 0 Å². The fourth-order valence-electron chi connectivity index (χ4n) is 2.93. The average molecular weight is 343 g/mol. The lowest BCUT2D eigenvalue weighted by atomic mass is 9.92. The number of amides is 1. The number of likely N-dealkylation sites (N-methyl/N-ethyl adjacent to an activating group) is 3. The first kappa shape index (κ1) is 19.6. The molecule has 4 fully saturated rings. The minimum absolute atomic E-state index is 0.0394. The standard InChI is InChI=1S/C7H13NO.C5H9NO2.C5H11NO/c1-8-7(4-9-5-7)6-2-3-6;1-6-3-4(7)2-5(6)8;1-5(6-2)3-7-4-5/h6,8H,2-5H2,1H3;4,7H,2-3H2,1H3;6H,3-4H2,1-2H3. The number of nitrogens with one attached hydrogen (secondary N) is 2. The molecule has 1 unspecified atom stereocenters. The molecule has 0 spiro atoms. The second-order valence-corrected chi connectivity index (χ2v) is 7.61. The Morgan fingerprint density at radius 2 is 1.71 bits per heavy atom. The van der Waals surface area contributed by atoms with Crippen LogP contribution in [0.1, 0.15) is 26.2 Å². The largest absolute Gasteiger partial charge is 0.391 e. The van der Waals surface area contributed by atoms with Crippen LogP contribution in [0.5, 0.6) is 0 Å². The molecule has 3 N–H and O–H groups in total. The SMILES string of the molecule is CN1CC(O)CC1=O.CNC1(C)COC1.CNC1(C2CC2)COC1. The van der Waals surface area contributed by atoms with Crippen molar-refractivity contribution in [3.63, 3.8) is 0 Å². The molecule has 1 aliphatic carbocycles. The first-order valence-corrected chi connectivity index (χ1v) is 8.79. The molecule has 3 heterocycles. The van der Waals surface area contributed by atoms with E-state index in [9.17, 15) is 4.79 Å². The number of hydrogen-bond donors (Lipinski definition) is 3. The Balaban J connectivity index is 0.000000132. The van der Waals surface area contributed by atoms with Crippen LogP contribution in [-0.4, -0.2) is 87.2 Å². The number of aliphatic hydroxyl groups excluding tert-OH is 1. The van der Waals surface area contributed by atoms with Gasteiger partial charge in [0.05, 0.1) is 50.0 Å². The number of rotatable bonds is 3. The molecule has 1 atom stereocenters. The lowest BCUT2D eigenvalue weighted by Crippen LogP contribution is -2.60. The Morgan fingerprint density at radius 3 is 1.79 bits per heavy atom. The first-order chi connectivity index (χ1) is 11.3. The highest BCUT2D eigenvalue weighted by Crippen LogP contribution is 2.43. The van der Waals surface area contributed by atoms with Crippen molar-refractivity contribution in [2.24, 2.45) is 5.92 Å². The molecule has 1 saturated carbocycles. The van der Waals surface area contributed by atoms with Crippen LogP contribution in [-0.2, 0) is 14.3 Å². The summed E-state index contributed by atoms with van der Waals surface area (Å²) in [7, 11) is 5.70. The normalized spacial score (nSPS) is 29.5. The summed E-state index contributed by atoms with van der Waals surface area (Å²) in [6.45, 7) is 6.25. The van der Waals surface area contributed by atoms with Gasteiger partial charge in [-0.15, -0.1) is 0 Å². The van der Waals surface area contributed by atoms with Gasteiger partial charge in [0.1, 0.15) is 0 Å². The van der Waals surface area contributed by atoms with Crippen LogP contribution in [0.4, 0.5) is 0 Å². The highest BCUT2D eigenvalue weighted by Gasteiger charge is 2.49. The summed E-state index contributed by atoms with van der Waals surface area (Å²) in [6, 6.07) is 0. The number of β-amino-alcohol motifs (C(OH)–C–C–N with tert-alkyl or cyclic N) is 1. The lowest BCUT2D eigenvalue weighted by Gasteiger charge is -2.41. The van der Waals surface area contributed by atoms with Crippen molar-refractivity contribution in [2.75, 3.05) is 54.1 Å². The van der Waals surface area contributed by atoms with Crippen molar-refractivity contribution in [2.45, 2.75) is 43.4 Å². The zero-order chi connectivity index (χ0) is 17.8. The van der Waals surface area contributed by atoms with E-state index in [1.165, 1.54) is 17.7 Å². The Kier molecular flexibility index (Phi) is 6.61. The van der Waals surface area contributed by atoms with Crippen LogP contribution in [0.25, 0.3) is 0 Å². The number of nitrogens with zero attached hydrogens (tertiary/aromatic N) is 1. The lowest BCUT2D eigenvalue weighted by molar-refractivity contribution is -0.126. The van der Waals surface area contributed by atoms with Crippen LogP contribution < -0.4 is 10.6 Å². The fraction of sp³-hybridized carbons (Fsp3) is 0.941. The molecular formula is C17H33N3O4. The predicted octanol–water partition coefficient (Wildman–Crippen LogP) is -0.411. The molecule has 4 rings (SSSR count). The highest BCUT2D eigenvalue weighted by molar-refractivity contribution is 5.78. The second kappa shape index (κ2) is 8.10. The van der Waals surface area contributed by atoms with Gasteiger partial charge in [-0.2, -0.15) is 0 Å². The molecule has 1 amide bonds.